The number of hydrogen-bond acceptors (Lipinski definition) is 3. The van der Waals surface area contributed by atoms with Crippen molar-refractivity contribution >= 4 is 11.6 Å². The summed E-state index contributed by atoms with van der Waals surface area (Å²) in [5.41, 5.74) is 1.11. The Bertz CT molecular complexity index is 369. The molecule has 2 heterocycles. The van der Waals surface area contributed by atoms with E-state index in [4.69, 9.17) is 11.6 Å². The molecule has 1 atom stereocenters. The predicted molar refractivity (Wildman–Crippen MR) is 71.2 cm³/mol. The first kappa shape index (κ1) is 12.8. The van der Waals surface area contributed by atoms with E-state index in [9.17, 15) is 0 Å². The first-order valence-electron chi connectivity index (χ1n) is 6.11. The molecule has 0 aliphatic carbocycles. The van der Waals surface area contributed by atoms with Crippen molar-refractivity contribution in [1.29, 1.82) is 0 Å². The molecular weight excluding hydrogens is 234 g/mol. The first-order valence-corrected chi connectivity index (χ1v) is 6.49. The highest BCUT2D eigenvalue weighted by molar-refractivity contribution is 6.30. The van der Waals surface area contributed by atoms with Crippen LogP contribution < -0.4 is 0 Å². The molecule has 0 saturated carbocycles. The van der Waals surface area contributed by atoms with Crippen LogP contribution in [0.15, 0.2) is 18.3 Å². The Labute approximate surface area is 108 Å². The molecule has 0 amide bonds. The minimum absolute atomic E-state index is 0.628. The third kappa shape index (κ3) is 3.66. The largest absolute Gasteiger partial charge is 0.306 e. The van der Waals surface area contributed by atoms with Crippen molar-refractivity contribution in [2.75, 3.05) is 33.7 Å². The molecule has 0 N–H and O–H groups in total. The SMILES string of the molecule is CN1CCC(CN(C)Cc2cccnc2Cl)C1. The fourth-order valence-corrected chi connectivity index (χ4v) is 2.69. The number of hydrogen-bond donors (Lipinski definition) is 0. The van der Waals surface area contributed by atoms with Gasteiger partial charge in [0.15, 0.2) is 0 Å². The Morgan fingerprint density at radius 1 is 1.59 bits per heavy atom. The molecule has 2 rings (SSSR count). The van der Waals surface area contributed by atoms with Gasteiger partial charge in [0.05, 0.1) is 0 Å². The highest BCUT2D eigenvalue weighted by Gasteiger charge is 2.20. The molecule has 4 heteroatoms. The average Bonchev–Trinajstić information content (AvgIpc) is 2.67. The van der Waals surface area contributed by atoms with E-state index in [1.165, 1.54) is 19.5 Å². The molecule has 1 unspecified atom stereocenters. The summed E-state index contributed by atoms with van der Waals surface area (Å²) in [7, 11) is 4.35. The van der Waals surface area contributed by atoms with Gasteiger partial charge in [-0.2, -0.15) is 0 Å². The molecule has 3 nitrogen and oxygen atoms in total. The Hall–Kier alpha value is -0.640. The summed E-state index contributed by atoms with van der Waals surface area (Å²) in [5.74, 6) is 0.792. The van der Waals surface area contributed by atoms with Gasteiger partial charge in [-0.25, -0.2) is 4.98 Å². The van der Waals surface area contributed by atoms with Gasteiger partial charge in [0.25, 0.3) is 0 Å². The Morgan fingerprint density at radius 2 is 2.41 bits per heavy atom. The second-order valence-corrected chi connectivity index (χ2v) is 5.43. The van der Waals surface area contributed by atoms with Crippen molar-refractivity contribution in [3.05, 3.63) is 29.0 Å². The first-order chi connectivity index (χ1) is 8.15. The van der Waals surface area contributed by atoms with Crippen LogP contribution in [-0.2, 0) is 6.54 Å². The Balaban J connectivity index is 1.85. The second-order valence-electron chi connectivity index (χ2n) is 5.07. The van der Waals surface area contributed by atoms with Gasteiger partial charge >= 0.3 is 0 Å². The van der Waals surface area contributed by atoms with Gasteiger partial charge in [-0.3, -0.25) is 0 Å². The van der Waals surface area contributed by atoms with Crippen molar-refractivity contribution in [1.82, 2.24) is 14.8 Å². The third-order valence-corrected chi connectivity index (χ3v) is 3.68. The van der Waals surface area contributed by atoms with Gasteiger partial charge in [0, 0.05) is 31.4 Å². The standard InChI is InChI=1S/C13H20ClN3/c1-16-7-5-11(8-16)9-17(2)10-12-4-3-6-15-13(12)14/h3-4,6,11H,5,7-10H2,1-2H3. The third-order valence-electron chi connectivity index (χ3n) is 3.34. The minimum Gasteiger partial charge on any atom is -0.306 e. The maximum atomic E-state index is 6.06. The van der Waals surface area contributed by atoms with Gasteiger partial charge in [0.2, 0.25) is 0 Å². The molecule has 1 aliphatic heterocycles. The molecule has 0 bridgehead atoms. The lowest BCUT2D eigenvalue weighted by Crippen LogP contribution is -2.27. The van der Waals surface area contributed by atoms with Crippen LogP contribution in [0, 0.1) is 5.92 Å². The zero-order valence-electron chi connectivity index (χ0n) is 10.6. The number of halogens is 1. The molecule has 1 aromatic rings. The van der Waals surface area contributed by atoms with E-state index in [1.54, 1.807) is 6.20 Å². The van der Waals surface area contributed by atoms with Crippen LogP contribution in [0.1, 0.15) is 12.0 Å². The Morgan fingerprint density at radius 3 is 3.06 bits per heavy atom. The van der Waals surface area contributed by atoms with E-state index in [0.29, 0.717) is 5.15 Å². The van der Waals surface area contributed by atoms with Crippen molar-refractivity contribution in [2.24, 2.45) is 5.92 Å². The van der Waals surface area contributed by atoms with Gasteiger partial charge in [-0.05, 0) is 39.0 Å². The lowest BCUT2D eigenvalue weighted by molar-refractivity contribution is 0.267. The van der Waals surface area contributed by atoms with Crippen molar-refractivity contribution in [2.45, 2.75) is 13.0 Å². The molecule has 1 aliphatic rings. The molecule has 0 aromatic carbocycles. The summed E-state index contributed by atoms with van der Waals surface area (Å²) in [6.45, 7) is 4.46. The topological polar surface area (TPSA) is 19.4 Å². The fourth-order valence-electron chi connectivity index (χ4n) is 2.51. The lowest BCUT2D eigenvalue weighted by Gasteiger charge is -2.21. The number of likely N-dealkylation sites (tertiary alicyclic amines) is 1. The normalized spacial score (nSPS) is 21.3. The number of pyridine rings is 1. The van der Waals surface area contributed by atoms with E-state index in [-0.39, 0.29) is 0 Å². The maximum Gasteiger partial charge on any atom is 0.133 e. The van der Waals surface area contributed by atoms with Gasteiger partial charge in [0.1, 0.15) is 5.15 Å². The van der Waals surface area contributed by atoms with Crippen molar-refractivity contribution in [3.63, 3.8) is 0 Å². The van der Waals surface area contributed by atoms with Crippen LogP contribution in [0.4, 0.5) is 0 Å². The molecule has 0 spiro atoms. The monoisotopic (exact) mass is 253 g/mol. The van der Waals surface area contributed by atoms with Crippen LogP contribution >= 0.6 is 11.6 Å². The maximum absolute atomic E-state index is 6.06. The van der Waals surface area contributed by atoms with E-state index < -0.39 is 0 Å². The fraction of sp³-hybridized carbons (Fsp3) is 0.615. The van der Waals surface area contributed by atoms with Crippen LogP contribution in [0.25, 0.3) is 0 Å². The van der Waals surface area contributed by atoms with Crippen LogP contribution in [0.3, 0.4) is 0 Å². The average molecular weight is 254 g/mol. The van der Waals surface area contributed by atoms with Crippen LogP contribution in [-0.4, -0.2) is 48.5 Å². The van der Waals surface area contributed by atoms with E-state index in [0.717, 1.165) is 24.6 Å². The molecule has 17 heavy (non-hydrogen) atoms. The quantitative estimate of drug-likeness (QED) is 0.767. The molecule has 1 saturated heterocycles. The number of rotatable bonds is 4. The second kappa shape index (κ2) is 5.80. The molecule has 94 valence electrons. The smallest absolute Gasteiger partial charge is 0.133 e. The lowest BCUT2D eigenvalue weighted by atomic mass is 10.1. The van der Waals surface area contributed by atoms with Gasteiger partial charge in [-0.1, -0.05) is 17.7 Å². The molecular formula is C13H20ClN3. The summed E-state index contributed by atoms with van der Waals surface area (Å²) in [4.78, 5) is 8.84. The predicted octanol–water partition coefficient (Wildman–Crippen LogP) is 2.12. The van der Waals surface area contributed by atoms with Crippen molar-refractivity contribution < 1.29 is 0 Å². The zero-order valence-corrected chi connectivity index (χ0v) is 11.3. The number of nitrogens with zero attached hydrogens (tertiary/aromatic N) is 3. The van der Waals surface area contributed by atoms with E-state index in [2.05, 4.69) is 28.9 Å². The van der Waals surface area contributed by atoms with Crippen LogP contribution in [0.5, 0.6) is 0 Å². The summed E-state index contributed by atoms with van der Waals surface area (Å²) < 4.78 is 0. The number of aromatic nitrogens is 1. The van der Waals surface area contributed by atoms with Gasteiger partial charge in [-0.15, -0.1) is 0 Å². The molecule has 1 aromatic heterocycles. The van der Waals surface area contributed by atoms with Gasteiger partial charge < -0.3 is 9.80 Å². The highest BCUT2D eigenvalue weighted by atomic mass is 35.5. The summed E-state index contributed by atoms with van der Waals surface area (Å²) in [5, 5.41) is 0.628. The molecule has 0 radical (unpaired) electrons. The summed E-state index contributed by atoms with van der Waals surface area (Å²) >= 11 is 6.06. The Kier molecular flexibility index (Phi) is 4.37. The van der Waals surface area contributed by atoms with Crippen molar-refractivity contribution in [3.8, 4) is 0 Å². The van der Waals surface area contributed by atoms with E-state index >= 15 is 0 Å². The highest BCUT2D eigenvalue weighted by Crippen LogP contribution is 2.18. The molecule has 1 fully saturated rings. The summed E-state index contributed by atoms with van der Waals surface area (Å²) in [6, 6.07) is 3.99. The van der Waals surface area contributed by atoms with E-state index in [1.807, 2.05) is 12.1 Å². The summed E-state index contributed by atoms with van der Waals surface area (Å²) in [6.07, 6.45) is 3.04. The van der Waals surface area contributed by atoms with Crippen LogP contribution in [0.2, 0.25) is 5.15 Å². The minimum atomic E-state index is 0.628. The zero-order chi connectivity index (χ0) is 12.3.